The van der Waals surface area contributed by atoms with Crippen LogP contribution in [0, 0.1) is 0 Å². The molecule has 0 aliphatic rings. The molecule has 0 amide bonds. The van der Waals surface area contributed by atoms with Gasteiger partial charge in [-0.25, -0.2) is 4.79 Å². The fourth-order valence-electron chi connectivity index (χ4n) is 1.29. The number of carbonyl (C=O) groups is 2. The van der Waals surface area contributed by atoms with E-state index in [1.54, 1.807) is 25.3 Å². The van der Waals surface area contributed by atoms with E-state index in [9.17, 15) is 4.79 Å². The second kappa shape index (κ2) is 5.50. The van der Waals surface area contributed by atoms with Crippen LogP contribution in [0.1, 0.15) is 10.5 Å². The number of carboxylic acid groups (broad SMARTS) is 2. The second-order valence-corrected chi connectivity index (χ2v) is 2.89. The first kappa shape index (κ1) is 12.5. The summed E-state index contributed by atoms with van der Waals surface area (Å²) in [5.74, 6) is -0.375. The van der Waals surface area contributed by atoms with E-state index in [2.05, 4.69) is 10.2 Å². The number of H-pyrrole nitrogens is 1. The van der Waals surface area contributed by atoms with Crippen molar-refractivity contribution >= 4 is 23.3 Å². The molecule has 0 aliphatic heterocycles. The van der Waals surface area contributed by atoms with Crippen LogP contribution in [0.15, 0.2) is 18.2 Å². The zero-order valence-corrected chi connectivity index (χ0v) is 8.88. The van der Waals surface area contributed by atoms with E-state index in [4.69, 9.17) is 19.7 Å². The molecule has 90 valence electrons. The van der Waals surface area contributed by atoms with Crippen molar-refractivity contribution in [3.05, 3.63) is 23.9 Å². The Balaban J connectivity index is 0.000000437. The third-order valence-electron chi connectivity index (χ3n) is 1.97. The zero-order valence-electron chi connectivity index (χ0n) is 8.88. The predicted molar refractivity (Wildman–Crippen MR) is 58.3 cm³/mol. The van der Waals surface area contributed by atoms with E-state index < -0.39 is 5.97 Å². The van der Waals surface area contributed by atoms with Crippen LogP contribution >= 0.6 is 0 Å². The summed E-state index contributed by atoms with van der Waals surface area (Å²) in [5, 5.41) is 22.6. The Labute approximate surface area is 95.6 Å². The van der Waals surface area contributed by atoms with Crippen molar-refractivity contribution in [2.24, 2.45) is 0 Å². The standard InChI is InChI=1S/C9H8N2O3.CH2O2/c1-14-5-2-3-6-7(4-5)10-11-8(6)9(12)13;2-1-3/h2-4H,1H3,(H,10,11)(H,12,13);1H,(H,2,3). The van der Waals surface area contributed by atoms with Gasteiger partial charge in [-0.2, -0.15) is 5.10 Å². The van der Waals surface area contributed by atoms with Gasteiger partial charge >= 0.3 is 5.97 Å². The van der Waals surface area contributed by atoms with Gasteiger partial charge in [0.25, 0.3) is 6.47 Å². The smallest absolute Gasteiger partial charge is 0.357 e. The van der Waals surface area contributed by atoms with Gasteiger partial charge in [-0.1, -0.05) is 0 Å². The number of aromatic carboxylic acids is 1. The highest BCUT2D eigenvalue weighted by Crippen LogP contribution is 2.21. The van der Waals surface area contributed by atoms with Gasteiger partial charge in [-0.05, 0) is 12.1 Å². The average Bonchev–Trinajstić information content (AvgIpc) is 2.72. The van der Waals surface area contributed by atoms with Crippen molar-refractivity contribution < 1.29 is 24.5 Å². The molecule has 7 nitrogen and oxygen atoms in total. The van der Waals surface area contributed by atoms with Gasteiger partial charge in [-0.15, -0.1) is 0 Å². The molecule has 0 aliphatic carbocycles. The minimum atomic E-state index is -1.04. The van der Waals surface area contributed by atoms with Crippen LogP contribution < -0.4 is 4.74 Å². The molecule has 7 heteroatoms. The van der Waals surface area contributed by atoms with Gasteiger partial charge in [0.05, 0.1) is 12.6 Å². The van der Waals surface area contributed by atoms with Gasteiger partial charge in [0, 0.05) is 11.5 Å². The summed E-state index contributed by atoms with van der Waals surface area (Å²) in [5.41, 5.74) is 0.685. The van der Waals surface area contributed by atoms with Gasteiger partial charge in [0.15, 0.2) is 5.69 Å². The lowest BCUT2D eigenvalue weighted by atomic mass is 10.2. The maximum Gasteiger partial charge on any atom is 0.357 e. The van der Waals surface area contributed by atoms with Crippen LogP contribution in [-0.2, 0) is 4.79 Å². The van der Waals surface area contributed by atoms with Crippen LogP contribution in [-0.4, -0.2) is 40.0 Å². The summed E-state index contributed by atoms with van der Waals surface area (Å²) >= 11 is 0. The number of rotatable bonds is 2. The lowest BCUT2D eigenvalue weighted by Gasteiger charge is -1.97. The Hall–Kier alpha value is -2.57. The summed E-state index contributed by atoms with van der Waals surface area (Å²) in [7, 11) is 1.55. The van der Waals surface area contributed by atoms with Crippen LogP contribution in [0.4, 0.5) is 0 Å². The number of benzene rings is 1. The molecule has 1 aromatic heterocycles. The molecule has 0 unspecified atom stereocenters. The van der Waals surface area contributed by atoms with Crippen LogP contribution in [0.25, 0.3) is 10.9 Å². The van der Waals surface area contributed by atoms with Crippen molar-refractivity contribution in [2.75, 3.05) is 7.11 Å². The molecule has 0 saturated carbocycles. The Morgan fingerprint density at radius 2 is 2.18 bits per heavy atom. The predicted octanol–water partition coefficient (Wildman–Crippen LogP) is 0.970. The molecule has 2 aromatic rings. The SMILES string of the molecule is COc1ccc2c(C(=O)O)n[nH]c2c1.O=CO. The Bertz CT molecular complexity index is 534. The third kappa shape index (κ3) is 2.71. The highest BCUT2D eigenvalue weighted by Gasteiger charge is 2.12. The van der Waals surface area contributed by atoms with Crippen molar-refractivity contribution in [3.63, 3.8) is 0 Å². The molecule has 0 bridgehead atoms. The number of aromatic nitrogens is 2. The number of nitrogens with one attached hydrogen (secondary N) is 1. The summed E-state index contributed by atoms with van der Waals surface area (Å²) in [4.78, 5) is 19.1. The number of aromatic amines is 1. The number of fused-ring (bicyclic) bond motifs is 1. The number of nitrogens with zero attached hydrogens (tertiary/aromatic N) is 1. The fraction of sp³-hybridized carbons (Fsp3) is 0.100. The van der Waals surface area contributed by atoms with Crippen LogP contribution in [0.3, 0.4) is 0 Å². The molecule has 0 fully saturated rings. The lowest BCUT2D eigenvalue weighted by Crippen LogP contribution is -1.96. The first-order valence-corrected chi connectivity index (χ1v) is 4.47. The molecular formula is C10H10N2O5. The lowest BCUT2D eigenvalue weighted by molar-refractivity contribution is -0.122. The number of carboxylic acids is 1. The van der Waals surface area contributed by atoms with E-state index in [0.717, 1.165) is 0 Å². The first-order valence-electron chi connectivity index (χ1n) is 4.47. The normalized spacial score (nSPS) is 9.24. The average molecular weight is 238 g/mol. The maximum absolute atomic E-state index is 10.7. The fourth-order valence-corrected chi connectivity index (χ4v) is 1.29. The van der Waals surface area contributed by atoms with Crippen molar-refractivity contribution in [1.29, 1.82) is 0 Å². The highest BCUT2D eigenvalue weighted by atomic mass is 16.5. The monoisotopic (exact) mass is 238 g/mol. The first-order chi connectivity index (χ1) is 8.13. The molecule has 0 atom stereocenters. The van der Waals surface area contributed by atoms with Crippen molar-refractivity contribution in [1.82, 2.24) is 10.2 Å². The van der Waals surface area contributed by atoms with E-state index >= 15 is 0 Å². The topological polar surface area (TPSA) is 113 Å². The minimum Gasteiger partial charge on any atom is -0.497 e. The summed E-state index contributed by atoms with van der Waals surface area (Å²) < 4.78 is 5.00. The van der Waals surface area contributed by atoms with Crippen molar-refractivity contribution in [3.8, 4) is 5.75 Å². The molecule has 2 rings (SSSR count). The number of hydrogen-bond acceptors (Lipinski definition) is 4. The van der Waals surface area contributed by atoms with Gasteiger partial charge in [0.1, 0.15) is 5.75 Å². The Morgan fingerprint density at radius 3 is 2.71 bits per heavy atom. The molecule has 1 aromatic carbocycles. The van der Waals surface area contributed by atoms with Crippen molar-refractivity contribution in [2.45, 2.75) is 0 Å². The number of ether oxygens (including phenoxy) is 1. The molecular weight excluding hydrogens is 228 g/mol. The summed E-state index contributed by atoms with van der Waals surface area (Å²) in [6, 6.07) is 5.07. The largest absolute Gasteiger partial charge is 0.497 e. The van der Waals surface area contributed by atoms with Gasteiger partial charge < -0.3 is 14.9 Å². The zero-order chi connectivity index (χ0) is 12.8. The van der Waals surface area contributed by atoms with Crippen LogP contribution in [0.2, 0.25) is 0 Å². The van der Waals surface area contributed by atoms with E-state index in [1.807, 2.05) is 0 Å². The molecule has 3 N–H and O–H groups in total. The summed E-state index contributed by atoms with van der Waals surface area (Å²) in [6.07, 6.45) is 0. The second-order valence-electron chi connectivity index (χ2n) is 2.89. The van der Waals surface area contributed by atoms with Gasteiger partial charge in [-0.3, -0.25) is 9.89 Å². The molecule has 0 saturated heterocycles. The molecule has 0 radical (unpaired) electrons. The highest BCUT2D eigenvalue weighted by molar-refractivity contribution is 6.01. The van der Waals surface area contributed by atoms with E-state index in [0.29, 0.717) is 16.7 Å². The minimum absolute atomic E-state index is 0.0302. The molecule has 0 spiro atoms. The van der Waals surface area contributed by atoms with E-state index in [-0.39, 0.29) is 12.2 Å². The van der Waals surface area contributed by atoms with Gasteiger partial charge in [0.2, 0.25) is 0 Å². The number of methoxy groups -OCH3 is 1. The van der Waals surface area contributed by atoms with Crippen LogP contribution in [0.5, 0.6) is 5.75 Å². The third-order valence-corrected chi connectivity index (χ3v) is 1.97. The number of hydrogen-bond donors (Lipinski definition) is 3. The molecule has 1 heterocycles. The molecule has 17 heavy (non-hydrogen) atoms. The maximum atomic E-state index is 10.7. The Morgan fingerprint density at radius 1 is 1.53 bits per heavy atom. The quantitative estimate of drug-likeness (QED) is 0.672. The Kier molecular flexibility index (Phi) is 4.04. The van der Waals surface area contributed by atoms with E-state index in [1.165, 1.54) is 0 Å². The summed E-state index contributed by atoms with van der Waals surface area (Å²) in [6.45, 7) is -0.250.